The summed E-state index contributed by atoms with van der Waals surface area (Å²) in [4.78, 5) is 25.2. The van der Waals surface area contributed by atoms with Crippen LogP contribution in [0.25, 0.3) is 0 Å². The highest BCUT2D eigenvalue weighted by atomic mass is 35.5. The van der Waals surface area contributed by atoms with E-state index in [9.17, 15) is 14.9 Å². The topological polar surface area (TPSA) is 87.5 Å². The van der Waals surface area contributed by atoms with E-state index in [-0.39, 0.29) is 11.6 Å². The molecule has 1 heterocycles. The molecule has 2 N–H and O–H groups in total. The number of nitro benzene ring substituents is 1. The number of amides is 1. The fraction of sp³-hybridized carbons (Fsp3) is 0.235. The standard InChI is InChI=1S/C17H17ClN4O3/c18-13-3-1-12(2-4-13)17(23)20-14-5-6-15(16(11-14)22(24)25)21-9-7-19-8-10-21/h1-6,11,19H,7-10H2,(H,20,23). The third-order valence-corrected chi connectivity index (χ3v) is 4.25. The number of rotatable bonds is 4. The number of hydrogen-bond donors (Lipinski definition) is 2. The number of carbonyl (C=O) groups is 1. The van der Waals surface area contributed by atoms with E-state index < -0.39 is 4.92 Å². The van der Waals surface area contributed by atoms with Crippen molar-refractivity contribution in [3.63, 3.8) is 0 Å². The Morgan fingerprint density at radius 2 is 1.84 bits per heavy atom. The maximum absolute atomic E-state index is 12.3. The predicted octanol–water partition coefficient (Wildman–Crippen LogP) is 2.91. The highest BCUT2D eigenvalue weighted by Crippen LogP contribution is 2.31. The fourth-order valence-electron chi connectivity index (χ4n) is 2.73. The van der Waals surface area contributed by atoms with Crippen molar-refractivity contribution < 1.29 is 9.72 Å². The summed E-state index contributed by atoms with van der Waals surface area (Å²) in [7, 11) is 0. The van der Waals surface area contributed by atoms with Gasteiger partial charge in [-0.1, -0.05) is 11.6 Å². The van der Waals surface area contributed by atoms with Gasteiger partial charge in [0.25, 0.3) is 11.6 Å². The summed E-state index contributed by atoms with van der Waals surface area (Å²) in [6.45, 7) is 2.98. The summed E-state index contributed by atoms with van der Waals surface area (Å²) in [5.74, 6) is -0.346. The van der Waals surface area contributed by atoms with Gasteiger partial charge in [-0.3, -0.25) is 14.9 Å². The lowest BCUT2D eigenvalue weighted by Gasteiger charge is -2.29. The van der Waals surface area contributed by atoms with Crippen LogP contribution in [0.1, 0.15) is 10.4 Å². The number of nitro groups is 1. The van der Waals surface area contributed by atoms with E-state index in [1.54, 1.807) is 36.4 Å². The monoisotopic (exact) mass is 360 g/mol. The number of nitrogens with zero attached hydrogens (tertiary/aromatic N) is 2. The van der Waals surface area contributed by atoms with E-state index in [0.29, 0.717) is 35.1 Å². The quantitative estimate of drug-likeness (QED) is 0.646. The summed E-state index contributed by atoms with van der Waals surface area (Å²) in [5, 5.41) is 17.9. The Hall–Kier alpha value is -2.64. The van der Waals surface area contributed by atoms with Crippen molar-refractivity contribution in [1.82, 2.24) is 5.32 Å². The number of benzene rings is 2. The fourth-order valence-corrected chi connectivity index (χ4v) is 2.85. The third kappa shape index (κ3) is 4.07. The molecule has 0 aliphatic carbocycles. The van der Waals surface area contributed by atoms with Crippen LogP contribution < -0.4 is 15.5 Å². The maximum Gasteiger partial charge on any atom is 0.294 e. The highest BCUT2D eigenvalue weighted by Gasteiger charge is 2.22. The van der Waals surface area contributed by atoms with Gasteiger partial charge in [-0.25, -0.2) is 0 Å². The summed E-state index contributed by atoms with van der Waals surface area (Å²) in [6.07, 6.45) is 0. The van der Waals surface area contributed by atoms with Gasteiger partial charge >= 0.3 is 0 Å². The van der Waals surface area contributed by atoms with Gasteiger partial charge < -0.3 is 15.5 Å². The van der Waals surface area contributed by atoms with Crippen LogP contribution in [0.3, 0.4) is 0 Å². The Bertz CT molecular complexity index is 789. The summed E-state index contributed by atoms with van der Waals surface area (Å²) >= 11 is 5.81. The lowest BCUT2D eigenvalue weighted by Crippen LogP contribution is -2.43. The van der Waals surface area contributed by atoms with E-state index in [0.717, 1.165) is 13.1 Å². The van der Waals surface area contributed by atoms with E-state index >= 15 is 0 Å². The molecule has 3 rings (SSSR count). The van der Waals surface area contributed by atoms with E-state index in [2.05, 4.69) is 10.6 Å². The van der Waals surface area contributed by atoms with Gasteiger partial charge in [0, 0.05) is 48.5 Å². The number of hydrogen-bond acceptors (Lipinski definition) is 5. The second-order valence-electron chi connectivity index (χ2n) is 5.66. The first-order chi connectivity index (χ1) is 12.0. The number of piperazine rings is 1. The van der Waals surface area contributed by atoms with E-state index in [1.165, 1.54) is 6.07 Å². The molecule has 0 bridgehead atoms. The molecule has 0 saturated carbocycles. The molecule has 0 spiro atoms. The largest absolute Gasteiger partial charge is 0.363 e. The second kappa shape index (κ2) is 7.50. The maximum atomic E-state index is 12.3. The minimum atomic E-state index is -0.421. The van der Waals surface area contributed by atoms with Gasteiger partial charge in [-0.05, 0) is 36.4 Å². The Balaban J connectivity index is 1.82. The number of carbonyl (C=O) groups excluding carboxylic acids is 1. The first-order valence-corrected chi connectivity index (χ1v) is 8.23. The van der Waals surface area contributed by atoms with Crippen molar-refractivity contribution in [3.8, 4) is 0 Å². The Morgan fingerprint density at radius 1 is 1.16 bits per heavy atom. The van der Waals surface area contributed by atoms with E-state index in [4.69, 9.17) is 11.6 Å². The van der Waals surface area contributed by atoms with Crippen molar-refractivity contribution in [2.75, 3.05) is 36.4 Å². The molecule has 8 heteroatoms. The number of nitrogens with one attached hydrogen (secondary N) is 2. The average molecular weight is 361 g/mol. The molecular formula is C17H17ClN4O3. The lowest BCUT2D eigenvalue weighted by molar-refractivity contribution is -0.384. The summed E-state index contributed by atoms with van der Waals surface area (Å²) < 4.78 is 0. The molecule has 0 radical (unpaired) electrons. The van der Waals surface area contributed by atoms with Crippen LogP contribution in [-0.2, 0) is 0 Å². The van der Waals surface area contributed by atoms with Gasteiger partial charge in [-0.2, -0.15) is 0 Å². The molecule has 1 amide bonds. The van der Waals surface area contributed by atoms with Crippen molar-refractivity contribution in [2.45, 2.75) is 0 Å². The lowest BCUT2D eigenvalue weighted by atomic mass is 10.1. The molecule has 130 valence electrons. The van der Waals surface area contributed by atoms with Gasteiger partial charge in [0.15, 0.2) is 0 Å². The number of halogens is 1. The summed E-state index contributed by atoms with van der Waals surface area (Å²) in [6, 6.07) is 11.2. The molecule has 0 unspecified atom stereocenters. The minimum absolute atomic E-state index is 0.0178. The van der Waals surface area contributed by atoms with Crippen LogP contribution in [0.4, 0.5) is 17.1 Å². The molecule has 1 aliphatic heterocycles. The van der Waals surface area contributed by atoms with Crippen molar-refractivity contribution in [3.05, 3.63) is 63.2 Å². The Morgan fingerprint density at radius 3 is 2.48 bits per heavy atom. The second-order valence-corrected chi connectivity index (χ2v) is 6.10. The van der Waals surface area contributed by atoms with Crippen LogP contribution in [0.15, 0.2) is 42.5 Å². The molecule has 1 aliphatic rings. The Labute approximate surface area is 149 Å². The average Bonchev–Trinajstić information content (AvgIpc) is 2.63. The van der Waals surface area contributed by atoms with Gasteiger partial charge in [0.2, 0.25) is 0 Å². The zero-order valence-corrected chi connectivity index (χ0v) is 14.1. The minimum Gasteiger partial charge on any atom is -0.363 e. The highest BCUT2D eigenvalue weighted by molar-refractivity contribution is 6.30. The predicted molar refractivity (Wildman–Crippen MR) is 97.6 cm³/mol. The molecule has 0 aromatic heterocycles. The normalized spacial score (nSPS) is 14.2. The molecule has 1 saturated heterocycles. The molecular weight excluding hydrogens is 344 g/mol. The van der Waals surface area contributed by atoms with E-state index in [1.807, 2.05) is 4.90 Å². The van der Waals surface area contributed by atoms with Crippen molar-refractivity contribution >= 4 is 34.6 Å². The third-order valence-electron chi connectivity index (χ3n) is 3.99. The van der Waals surface area contributed by atoms with Gasteiger partial charge in [0.05, 0.1) is 4.92 Å². The van der Waals surface area contributed by atoms with Crippen molar-refractivity contribution in [2.24, 2.45) is 0 Å². The molecule has 2 aromatic rings. The van der Waals surface area contributed by atoms with Crippen LogP contribution in [0.5, 0.6) is 0 Å². The Kier molecular flexibility index (Phi) is 5.16. The zero-order valence-electron chi connectivity index (χ0n) is 13.4. The number of anilines is 2. The van der Waals surface area contributed by atoms with Crippen LogP contribution >= 0.6 is 11.6 Å². The van der Waals surface area contributed by atoms with Crippen LogP contribution in [-0.4, -0.2) is 37.0 Å². The zero-order chi connectivity index (χ0) is 17.8. The molecule has 2 aromatic carbocycles. The SMILES string of the molecule is O=C(Nc1ccc(N2CCNCC2)c([N+](=O)[O-])c1)c1ccc(Cl)cc1. The summed E-state index contributed by atoms with van der Waals surface area (Å²) in [5.41, 5.74) is 1.36. The van der Waals surface area contributed by atoms with Crippen LogP contribution in [0.2, 0.25) is 5.02 Å². The van der Waals surface area contributed by atoms with Crippen molar-refractivity contribution in [1.29, 1.82) is 0 Å². The molecule has 0 atom stereocenters. The molecule has 1 fully saturated rings. The smallest absolute Gasteiger partial charge is 0.294 e. The molecule has 7 nitrogen and oxygen atoms in total. The first-order valence-electron chi connectivity index (χ1n) is 7.85. The van der Waals surface area contributed by atoms with Crippen LogP contribution in [0, 0.1) is 10.1 Å². The van der Waals surface area contributed by atoms with Gasteiger partial charge in [0.1, 0.15) is 5.69 Å². The first kappa shape index (κ1) is 17.2. The molecule has 25 heavy (non-hydrogen) atoms. The van der Waals surface area contributed by atoms with Gasteiger partial charge in [-0.15, -0.1) is 0 Å².